The molecular formula is C30H30N6O3. The van der Waals surface area contributed by atoms with Gasteiger partial charge < -0.3 is 16.0 Å². The molecule has 5 rings (SSSR count). The number of anilines is 1. The third kappa shape index (κ3) is 4.57. The van der Waals surface area contributed by atoms with Gasteiger partial charge in [-0.2, -0.15) is 0 Å². The van der Waals surface area contributed by atoms with Gasteiger partial charge in [-0.3, -0.25) is 18.7 Å². The van der Waals surface area contributed by atoms with Crippen LogP contribution in [0.15, 0.2) is 76.3 Å². The van der Waals surface area contributed by atoms with Crippen LogP contribution >= 0.6 is 0 Å². The molecule has 0 unspecified atom stereocenters. The third-order valence-corrected chi connectivity index (χ3v) is 6.97. The molecule has 0 fully saturated rings. The molecule has 9 heteroatoms. The zero-order valence-corrected chi connectivity index (χ0v) is 22.4. The number of hydrogen-bond acceptors (Lipinski definition) is 6. The second-order valence-corrected chi connectivity index (χ2v) is 9.74. The molecule has 2 heterocycles. The van der Waals surface area contributed by atoms with Crippen molar-refractivity contribution in [1.82, 2.24) is 19.0 Å². The molecule has 39 heavy (non-hydrogen) atoms. The molecule has 0 atom stereocenters. The topological polar surface area (TPSA) is 115 Å². The van der Waals surface area contributed by atoms with Gasteiger partial charge in [0.2, 0.25) is 0 Å². The minimum Gasteiger partial charge on any atom is -0.366 e. The van der Waals surface area contributed by atoms with Crippen LogP contribution in [0.5, 0.6) is 0 Å². The molecule has 0 saturated heterocycles. The van der Waals surface area contributed by atoms with E-state index in [0.29, 0.717) is 34.6 Å². The van der Waals surface area contributed by atoms with Crippen molar-refractivity contribution in [3.63, 3.8) is 0 Å². The standard InChI is InChI=1S/C30H30N6O3/c1-34(2)28(37)22-11-7-10-21(15-22)24-23(16-31)26(33-27-25(24)29(38)36(4)30(39)35(27)3)32-17-18-12-13-19-8-5-6-9-20(19)14-18/h5-15H,16-17,31H2,1-4H3,(H,32,33). The Morgan fingerprint density at radius 2 is 1.69 bits per heavy atom. The van der Waals surface area contributed by atoms with E-state index in [4.69, 9.17) is 10.7 Å². The van der Waals surface area contributed by atoms with Gasteiger partial charge in [-0.1, -0.05) is 48.5 Å². The number of nitrogens with zero attached hydrogens (tertiary/aromatic N) is 4. The van der Waals surface area contributed by atoms with Crippen LogP contribution in [0.25, 0.3) is 32.9 Å². The summed E-state index contributed by atoms with van der Waals surface area (Å²) in [5.41, 5.74) is 8.89. The SMILES string of the molecule is CN(C)C(=O)c1cccc(-c2c(CN)c(NCc3ccc4ccccc4c3)nc3c2c(=O)n(C)c(=O)n3C)c1. The number of benzene rings is 3. The summed E-state index contributed by atoms with van der Waals surface area (Å²) in [7, 11) is 6.39. The van der Waals surface area contributed by atoms with Gasteiger partial charge in [0, 0.05) is 58.0 Å². The maximum Gasteiger partial charge on any atom is 0.332 e. The van der Waals surface area contributed by atoms with Gasteiger partial charge in [0.15, 0.2) is 5.65 Å². The van der Waals surface area contributed by atoms with Crippen molar-refractivity contribution in [3.8, 4) is 11.1 Å². The fraction of sp³-hybridized carbons (Fsp3) is 0.200. The number of carbonyl (C=O) groups excluding carboxylic acids is 1. The van der Waals surface area contributed by atoms with E-state index >= 15 is 0 Å². The first kappa shape index (κ1) is 25.9. The van der Waals surface area contributed by atoms with Crippen LogP contribution in [-0.4, -0.2) is 39.0 Å². The number of aryl methyl sites for hydroxylation is 1. The maximum absolute atomic E-state index is 13.5. The number of nitrogens with two attached hydrogens (primary N) is 1. The van der Waals surface area contributed by atoms with E-state index in [9.17, 15) is 14.4 Å². The minimum atomic E-state index is -0.483. The second-order valence-electron chi connectivity index (χ2n) is 9.74. The van der Waals surface area contributed by atoms with Gasteiger partial charge in [0.25, 0.3) is 11.5 Å². The molecule has 9 nitrogen and oxygen atoms in total. The fourth-order valence-electron chi connectivity index (χ4n) is 4.89. The van der Waals surface area contributed by atoms with E-state index in [0.717, 1.165) is 20.9 Å². The highest BCUT2D eigenvalue weighted by Crippen LogP contribution is 2.34. The lowest BCUT2D eigenvalue weighted by Crippen LogP contribution is -2.38. The zero-order chi connectivity index (χ0) is 27.8. The summed E-state index contributed by atoms with van der Waals surface area (Å²) in [6, 6.07) is 21.4. The molecule has 1 amide bonds. The van der Waals surface area contributed by atoms with Gasteiger partial charge in [-0.15, -0.1) is 0 Å². The van der Waals surface area contributed by atoms with Crippen molar-refractivity contribution in [2.45, 2.75) is 13.1 Å². The number of pyridine rings is 1. The monoisotopic (exact) mass is 522 g/mol. The molecule has 0 aliphatic carbocycles. The Morgan fingerprint density at radius 1 is 0.949 bits per heavy atom. The first-order valence-corrected chi connectivity index (χ1v) is 12.6. The normalized spacial score (nSPS) is 11.2. The van der Waals surface area contributed by atoms with E-state index in [1.807, 2.05) is 24.3 Å². The molecular weight excluding hydrogens is 492 g/mol. The first-order chi connectivity index (χ1) is 18.7. The smallest absolute Gasteiger partial charge is 0.332 e. The Balaban J connectivity index is 1.73. The summed E-state index contributed by atoms with van der Waals surface area (Å²) in [6.45, 7) is 0.532. The van der Waals surface area contributed by atoms with Crippen LogP contribution in [0.4, 0.5) is 5.82 Å². The molecule has 2 aromatic heterocycles. The Bertz CT molecular complexity index is 1870. The van der Waals surface area contributed by atoms with E-state index < -0.39 is 11.2 Å². The molecule has 0 saturated carbocycles. The number of fused-ring (bicyclic) bond motifs is 2. The second kappa shape index (κ2) is 10.2. The number of carbonyl (C=O) groups is 1. The van der Waals surface area contributed by atoms with Crippen LogP contribution in [0.2, 0.25) is 0 Å². The largest absolute Gasteiger partial charge is 0.366 e. The first-order valence-electron chi connectivity index (χ1n) is 12.6. The van der Waals surface area contributed by atoms with Gasteiger partial charge in [-0.05, 0) is 40.1 Å². The van der Waals surface area contributed by atoms with Crippen LogP contribution in [0.1, 0.15) is 21.5 Å². The van der Waals surface area contributed by atoms with E-state index in [-0.39, 0.29) is 23.5 Å². The van der Waals surface area contributed by atoms with Crippen LogP contribution in [0, 0.1) is 0 Å². The number of rotatable bonds is 6. The molecule has 0 aliphatic heterocycles. The van der Waals surface area contributed by atoms with Crippen molar-refractivity contribution in [2.24, 2.45) is 19.8 Å². The number of hydrogen-bond donors (Lipinski definition) is 2. The summed E-state index contributed by atoms with van der Waals surface area (Å²) in [5, 5.41) is 5.93. The van der Waals surface area contributed by atoms with Crippen molar-refractivity contribution in [3.05, 3.63) is 104 Å². The predicted molar refractivity (Wildman–Crippen MR) is 155 cm³/mol. The molecule has 0 bridgehead atoms. The Morgan fingerprint density at radius 3 is 2.41 bits per heavy atom. The minimum absolute atomic E-state index is 0.0795. The van der Waals surface area contributed by atoms with Crippen molar-refractivity contribution in [1.29, 1.82) is 0 Å². The zero-order valence-electron chi connectivity index (χ0n) is 22.4. The highest BCUT2D eigenvalue weighted by Gasteiger charge is 2.22. The average molecular weight is 523 g/mol. The van der Waals surface area contributed by atoms with Crippen LogP contribution < -0.4 is 22.3 Å². The molecule has 0 aliphatic rings. The summed E-state index contributed by atoms with van der Waals surface area (Å²) in [5.74, 6) is 0.306. The molecule has 0 radical (unpaired) electrons. The lowest BCUT2D eigenvalue weighted by atomic mass is 9.95. The van der Waals surface area contributed by atoms with Crippen molar-refractivity contribution in [2.75, 3.05) is 19.4 Å². The van der Waals surface area contributed by atoms with Gasteiger partial charge in [-0.25, -0.2) is 9.78 Å². The molecule has 0 spiro atoms. The van der Waals surface area contributed by atoms with Gasteiger partial charge >= 0.3 is 5.69 Å². The van der Waals surface area contributed by atoms with Gasteiger partial charge in [0.05, 0.1) is 5.39 Å². The van der Waals surface area contributed by atoms with E-state index in [2.05, 4.69) is 29.6 Å². The van der Waals surface area contributed by atoms with E-state index in [1.165, 1.54) is 16.5 Å². The number of nitrogens with one attached hydrogen (secondary N) is 1. The highest BCUT2D eigenvalue weighted by molar-refractivity contribution is 6.00. The number of amides is 1. The third-order valence-electron chi connectivity index (χ3n) is 6.97. The fourth-order valence-corrected chi connectivity index (χ4v) is 4.89. The lowest BCUT2D eigenvalue weighted by molar-refractivity contribution is 0.0827. The molecule has 5 aromatic rings. The van der Waals surface area contributed by atoms with Gasteiger partial charge in [0.1, 0.15) is 5.82 Å². The van der Waals surface area contributed by atoms with Crippen molar-refractivity contribution >= 4 is 33.5 Å². The quantitative estimate of drug-likeness (QED) is 0.354. The lowest BCUT2D eigenvalue weighted by Gasteiger charge is -2.19. The molecule has 3 aromatic carbocycles. The Kier molecular flexibility index (Phi) is 6.76. The molecule has 3 N–H and O–H groups in total. The van der Waals surface area contributed by atoms with Crippen LogP contribution in [0.3, 0.4) is 0 Å². The highest BCUT2D eigenvalue weighted by atomic mass is 16.2. The summed E-state index contributed by atoms with van der Waals surface area (Å²) in [4.78, 5) is 45.3. The number of aromatic nitrogens is 3. The Labute approximate surface area is 225 Å². The summed E-state index contributed by atoms with van der Waals surface area (Å²) >= 11 is 0. The Hall–Kier alpha value is -4.76. The average Bonchev–Trinajstić information content (AvgIpc) is 2.96. The van der Waals surface area contributed by atoms with Crippen molar-refractivity contribution < 1.29 is 4.79 Å². The molecule has 198 valence electrons. The summed E-state index contributed by atoms with van der Waals surface area (Å²) in [6.07, 6.45) is 0. The summed E-state index contributed by atoms with van der Waals surface area (Å²) < 4.78 is 2.42. The van der Waals surface area contributed by atoms with E-state index in [1.54, 1.807) is 39.3 Å². The maximum atomic E-state index is 13.5. The van der Waals surface area contributed by atoms with Crippen LogP contribution in [-0.2, 0) is 27.2 Å². The predicted octanol–water partition coefficient (Wildman–Crippen LogP) is 3.23.